The molecule has 0 aliphatic rings. The molecule has 0 aliphatic heterocycles. The second kappa shape index (κ2) is 36.4. The van der Waals surface area contributed by atoms with Crippen LogP contribution in [0.2, 0.25) is 0 Å². The van der Waals surface area contributed by atoms with E-state index >= 15 is 0 Å². The number of unbranched alkanes of at least 4 members (excludes halogenated alkanes) is 20. The molecule has 0 heterocycles. The van der Waals surface area contributed by atoms with Gasteiger partial charge in [-0.2, -0.15) is 0 Å². The molecule has 0 saturated carbocycles. The Labute approximate surface area is 341 Å². The van der Waals surface area contributed by atoms with Crippen molar-refractivity contribution >= 4 is 23.9 Å². The van der Waals surface area contributed by atoms with Gasteiger partial charge in [0.2, 0.25) is 0 Å². The minimum Gasteiger partial charge on any atom is -0.466 e. The number of esters is 4. The molecular formula is C47H81NO8. The van der Waals surface area contributed by atoms with Gasteiger partial charge in [0.25, 0.3) is 0 Å². The van der Waals surface area contributed by atoms with E-state index in [2.05, 4.69) is 18.7 Å². The highest BCUT2D eigenvalue weighted by Gasteiger charge is 2.10. The van der Waals surface area contributed by atoms with Crippen molar-refractivity contribution in [2.75, 3.05) is 27.3 Å². The van der Waals surface area contributed by atoms with Crippen LogP contribution >= 0.6 is 0 Å². The summed E-state index contributed by atoms with van der Waals surface area (Å²) < 4.78 is 22.0. The highest BCUT2D eigenvalue weighted by atomic mass is 16.5. The van der Waals surface area contributed by atoms with Crippen molar-refractivity contribution in [1.82, 2.24) is 4.90 Å². The van der Waals surface area contributed by atoms with E-state index in [0.717, 1.165) is 113 Å². The zero-order chi connectivity index (χ0) is 40.9. The SMILES string of the molecule is CCCCCCCCCC(=O)OCCCCCCCC(=O)OCc1cc(COC(=O)CCCCCCCOC(=O)CCCCCCCCC)cc(CN(C)C)c1. The lowest BCUT2D eigenvalue weighted by Gasteiger charge is -2.14. The summed E-state index contributed by atoms with van der Waals surface area (Å²) in [6, 6.07) is 6.03. The summed E-state index contributed by atoms with van der Waals surface area (Å²) in [5.41, 5.74) is 2.84. The molecule has 9 nitrogen and oxygen atoms in total. The molecule has 0 radical (unpaired) electrons. The van der Waals surface area contributed by atoms with Crippen LogP contribution in [0.15, 0.2) is 18.2 Å². The van der Waals surface area contributed by atoms with Crippen molar-refractivity contribution < 1.29 is 38.1 Å². The maximum Gasteiger partial charge on any atom is 0.306 e. The summed E-state index contributed by atoms with van der Waals surface area (Å²) in [5.74, 6) is -0.589. The molecule has 322 valence electrons. The van der Waals surface area contributed by atoms with Gasteiger partial charge >= 0.3 is 23.9 Å². The highest BCUT2D eigenvalue weighted by Crippen LogP contribution is 2.17. The van der Waals surface area contributed by atoms with Crippen LogP contribution in [0.25, 0.3) is 0 Å². The van der Waals surface area contributed by atoms with Crippen LogP contribution in [-0.4, -0.2) is 56.1 Å². The molecule has 1 aromatic carbocycles. The first-order chi connectivity index (χ1) is 27.2. The standard InChI is InChI=1S/C47H81NO8/c1-5-7-9-11-13-17-23-29-44(49)53-33-27-21-15-19-25-31-46(51)55-39-42-35-41(38-48(3)4)36-43(37-42)40-56-47(52)32-26-20-16-22-28-34-54-45(50)30-24-18-14-12-10-8-6-2/h35-37H,5-34,38-40H2,1-4H3. The Bertz CT molecular complexity index is 1070. The highest BCUT2D eigenvalue weighted by molar-refractivity contribution is 5.70. The van der Waals surface area contributed by atoms with Gasteiger partial charge in [-0.1, -0.05) is 142 Å². The zero-order valence-corrected chi connectivity index (χ0v) is 36.3. The largest absolute Gasteiger partial charge is 0.466 e. The average molecular weight is 788 g/mol. The minimum atomic E-state index is -0.213. The fraction of sp³-hybridized carbons (Fsp3) is 0.787. The monoisotopic (exact) mass is 788 g/mol. The van der Waals surface area contributed by atoms with E-state index in [9.17, 15) is 19.2 Å². The Balaban J connectivity index is 2.18. The van der Waals surface area contributed by atoms with Crippen molar-refractivity contribution in [2.24, 2.45) is 0 Å². The summed E-state index contributed by atoms with van der Waals surface area (Å²) in [7, 11) is 4.00. The molecular weight excluding hydrogens is 707 g/mol. The van der Waals surface area contributed by atoms with Crippen molar-refractivity contribution in [3.8, 4) is 0 Å². The molecule has 0 unspecified atom stereocenters. The fourth-order valence-electron chi connectivity index (χ4n) is 6.71. The van der Waals surface area contributed by atoms with Crippen LogP contribution < -0.4 is 0 Å². The predicted molar refractivity (Wildman–Crippen MR) is 226 cm³/mol. The Morgan fingerprint density at radius 3 is 1.02 bits per heavy atom. The molecule has 0 aromatic heterocycles. The summed E-state index contributed by atoms with van der Waals surface area (Å²) in [5, 5.41) is 0. The van der Waals surface area contributed by atoms with Gasteiger partial charge in [0, 0.05) is 32.2 Å². The lowest BCUT2D eigenvalue weighted by Crippen LogP contribution is -2.12. The van der Waals surface area contributed by atoms with Crippen LogP contribution in [0.5, 0.6) is 0 Å². The molecule has 1 rings (SSSR count). The van der Waals surface area contributed by atoms with E-state index in [4.69, 9.17) is 18.9 Å². The van der Waals surface area contributed by atoms with E-state index < -0.39 is 0 Å². The molecule has 0 aliphatic carbocycles. The Morgan fingerprint density at radius 1 is 0.393 bits per heavy atom. The Hall–Kier alpha value is -2.94. The van der Waals surface area contributed by atoms with Gasteiger partial charge < -0.3 is 23.8 Å². The Kier molecular flexibility index (Phi) is 33.2. The van der Waals surface area contributed by atoms with E-state index in [0.29, 0.717) is 38.9 Å². The topological polar surface area (TPSA) is 108 Å². The quantitative estimate of drug-likeness (QED) is 0.0367. The molecule has 0 N–H and O–H groups in total. The summed E-state index contributed by atoms with van der Waals surface area (Å²) >= 11 is 0. The first-order valence-electron chi connectivity index (χ1n) is 22.6. The number of hydrogen-bond donors (Lipinski definition) is 0. The van der Waals surface area contributed by atoms with Crippen molar-refractivity contribution in [1.29, 1.82) is 0 Å². The van der Waals surface area contributed by atoms with E-state index in [1.54, 1.807) is 0 Å². The number of nitrogens with zero attached hydrogens (tertiary/aromatic N) is 1. The van der Waals surface area contributed by atoms with Crippen molar-refractivity contribution in [2.45, 2.75) is 213 Å². The summed E-state index contributed by atoms with van der Waals surface area (Å²) in [6.07, 6.45) is 27.6. The molecule has 0 spiro atoms. The number of benzene rings is 1. The lowest BCUT2D eigenvalue weighted by molar-refractivity contribution is -0.145. The molecule has 0 atom stereocenters. The van der Waals surface area contributed by atoms with E-state index in [1.807, 2.05) is 32.3 Å². The van der Waals surface area contributed by atoms with Gasteiger partial charge in [0.15, 0.2) is 0 Å². The fourth-order valence-corrected chi connectivity index (χ4v) is 6.71. The number of carbonyl (C=O) groups is 4. The second-order valence-corrected chi connectivity index (χ2v) is 15.9. The molecule has 1 aromatic rings. The first-order valence-corrected chi connectivity index (χ1v) is 22.6. The zero-order valence-electron chi connectivity index (χ0n) is 36.3. The third kappa shape index (κ3) is 32.2. The molecule has 56 heavy (non-hydrogen) atoms. The number of hydrogen-bond acceptors (Lipinski definition) is 9. The number of rotatable bonds is 38. The maximum atomic E-state index is 12.5. The normalized spacial score (nSPS) is 11.2. The van der Waals surface area contributed by atoms with Gasteiger partial charge in [-0.15, -0.1) is 0 Å². The number of carbonyl (C=O) groups excluding carboxylic acids is 4. The maximum absolute atomic E-state index is 12.5. The van der Waals surface area contributed by atoms with Gasteiger partial charge in [-0.3, -0.25) is 19.2 Å². The second-order valence-electron chi connectivity index (χ2n) is 15.9. The van der Waals surface area contributed by atoms with Crippen LogP contribution in [0.3, 0.4) is 0 Å². The first kappa shape index (κ1) is 51.1. The summed E-state index contributed by atoms with van der Waals surface area (Å²) in [4.78, 5) is 50.9. The molecule has 9 heteroatoms. The lowest BCUT2D eigenvalue weighted by atomic mass is 10.1. The van der Waals surface area contributed by atoms with Crippen molar-refractivity contribution in [3.05, 3.63) is 34.9 Å². The minimum absolute atomic E-state index is 0.0818. The van der Waals surface area contributed by atoms with Gasteiger partial charge in [-0.05, 0) is 75.4 Å². The summed E-state index contributed by atoms with van der Waals surface area (Å²) in [6.45, 7) is 6.49. The van der Waals surface area contributed by atoms with Gasteiger partial charge in [-0.25, -0.2) is 0 Å². The van der Waals surface area contributed by atoms with Crippen LogP contribution in [0.1, 0.15) is 210 Å². The Morgan fingerprint density at radius 2 is 0.679 bits per heavy atom. The third-order valence-corrected chi connectivity index (χ3v) is 9.96. The average Bonchev–Trinajstić information content (AvgIpc) is 3.17. The van der Waals surface area contributed by atoms with Crippen LogP contribution in [-0.2, 0) is 57.9 Å². The van der Waals surface area contributed by atoms with Crippen molar-refractivity contribution in [3.63, 3.8) is 0 Å². The molecule has 0 saturated heterocycles. The van der Waals surface area contributed by atoms with E-state index in [-0.39, 0.29) is 37.1 Å². The predicted octanol–water partition coefficient (Wildman–Crippen LogP) is 11.9. The third-order valence-electron chi connectivity index (χ3n) is 9.96. The van der Waals surface area contributed by atoms with Crippen LogP contribution in [0, 0.1) is 0 Å². The van der Waals surface area contributed by atoms with Gasteiger partial charge in [0.05, 0.1) is 13.2 Å². The molecule has 0 fully saturated rings. The van der Waals surface area contributed by atoms with Crippen LogP contribution in [0.4, 0.5) is 0 Å². The molecule has 0 bridgehead atoms. The number of ether oxygens (including phenoxy) is 4. The van der Waals surface area contributed by atoms with E-state index in [1.165, 1.54) is 64.2 Å². The smallest absolute Gasteiger partial charge is 0.306 e. The molecule has 0 amide bonds. The van der Waals surface area contributed by atoms with Gasteiger partial charge in [0.1, 0.15) is 13.2 Å².